The number of aromatic carboxylic acids is 1. The van der Waals surface area contributed by atoms with Crippen molar-refractivity contribution in [2.75, 3.05) is 17.2 Å². The number of carboxylic acids is 1. The van der Waals surface area contributed by atoms with Crippen molar-refractivity contribution < 1.29 is 9.90 Å². The predicted octanol–water partition coefficient (Wildman–Crippen LogP) is 2.00. The summed E-state index contributed by atoms with van der Waals surface area (Å²) >= 11 is 0. The van der Waals surface area contributed by atoms with Crippen LogP contribution in [0.4, 0.5) is 11.4 Å². The summed E-state index contributed by atoms with van der Waals surface area (Å²) in [5.74, 6) is -0.900. The van der Waals surface area contributed by atoms with E-state index in [1.165, 1.54) is 0 Å². The molecular formula is C11H14N2O2. The van der Waals surface area contributed by atoms with Crippen molar-refractivity contribution in [1.29, 1.82) is 0 Å². The molecule has 0 saturated heterocycles. The molecule has 4 nitrogen and oxygen atoms in total. The molecule has 1 aliphatic rings. The fraction of sp³-hybridized carbons (Fsp3) is 0.364. The molecule has 0 unspecified atom stereocenters. The average molecular weight is 206 g/mol. The lowest BCUT2D eigenvalue weighted by molar-refractivity contribution is 0.0697. The summed E-state index contributed by atoms with van der Waals surface area (Å²) < 4.78 is 0. The van der Waals surface area contributed by atoms with Gasteiger partial charge in [-0.2, -0.15) is 0 Å². The third-order valence-electron chi connectivity index (χ3n) is 2.46. The van der Waals surface area contributed by atoms with Crippen molar-refractivity contribution in [3.8, 4) is 0 Å². The van der Waals surface area contributed by atoms with Crippen LogP contribution >= 0.6 is 0 Å². The molecule has 0 fully saturated rings. The van der Waals surface area contributed by atoms with Gasteiger partial charge in [-0.1, -0.05) is 0 Å². The lowest BCUT2D eigenvalue weighted by Gasteiger charge is -2.34. The smallest absolute Gasteiger partial charge is 0.335 e. The Morgan fingerprint density at radius 1 is 1.40 bits per heavy atom. The van der Waals surface area contributed by atoms with E-state index in [1.807, 2.05) is 0 Å². The molecule has 0 radical (unpaired) electrons. The fourth-order valence-electron chi connectivity index (χ4n) is 1.66. The first-order valence-electron chi connectivity index (χ1n) is 4.87. The summed E-state index contributed by atoms with van der Waals surface area (Å²) in [6, 6.07) is 5.06. The first-order valence-corrected chi connectivity index (χ1v) is 4.87. The molecule has 0 amide bonds. The highest BCUT2D eigenvalue weighted by Crippen LogP contribution is 2.30. The number of hydrogen-bond acceptors (Lipinski definition) is 3. The van der Waals surface area contributed by atoms with Crippen LogP contribution in [0.2, 0.25) is 0 Å². The fourth-order valence-corrected chi connectivity index (χ4v) is 1.66. The van der Waals surface area contributed by atoms with Gasteiger partial charge < -0.3 is 15.7 Å². The molecule has 0 saturated carbocycles. The highest BCUT2D eigenvalue weighted by molar-refractivity contribution is 5.91. The Hall–Kier alpha value is -1.71. The monoisotopic (exact) mass is 206 g/mol. The third-order valence-corrected chi connectivity index (χ3v) is 2.46. The van der Waals surface area contributed by atoms with E-state index >= 15 is 0 Å². The van der Waals surface area contributed by atoms with Crippen LogP contribution in [0.15, 0.2) is 18.2 Å². The van der Waals surface area contributed by atoms with Crippen LogP contribution in [0.3, 0.4) is 0 Å². The van der Waals surface area contributed by atoms with E-state index in [0.717, 1.165) is 17.9 Å². The van der Waals surface area contributed by atoms with Crippen LogP contribution in [0.1, 0.15) is 24.2 Å². The van der Waals surface area contributed by atoms with E-state index < -0.39 is 5.97 Å². The topological polar surface area (TPSA) is 61.4 Å². The molecule has 1 aromatic carbocycles. The van der Waals surface area contributed by atoms with Crippen LogP contribution in [-0.4, -0.2) is 23.2 Å². The van der Waals surface area contributed by atoms with Crippen LogP contribution in [0.5, 0.6) is 0 Å². The number of nitrogens with one attached hydrogen (secondary N) is 2. The van der Waals surface area contributed by atoms with Crippen molar-refractivity contribution in [2.45, 2.75) is 19.4 Å². The number of rotatable bonds is 1. The zero-order valence-electron chi connectivity index (χ0n) is 8.79. The minimum atomic E-state index is -0.900. The first-order chi connectivity index (χ1) is 6.98. The molecular weight excluding hydrogens is 192 g/mol. The van der Waals surface area contributed by atoms with Gasteiger partial charge in [0.2, 0.25) is 0 Å². The maximum absolute atomic E-state index is 10.8. The van der Waals surface area contributed by atoms with E-state index in [0.29, 0.717) is 5.56 Å². The Morgan fingerprint density at radius 3 is 2.80 bits per heavy atom. The largest absolute Gasteiger partial charge is 0.478 e. The summed E-state index contributed by atoms with van der Waals surface area (Å²) in [4.78, 5) is 10.8. The highest BCUT2D eigenvalue weighted by atomic mass is 16.4. The molecule has 1 heterocycles. The average Bonchev–Trinajstić information content (AvgIpc) is 2.15. The van der Waals surface area contributed by atoms with Gasteiger partial charge in [0.05, 0.1) is 16.9 Å². The second-order valence-electron chi connectivity index (χ2n) is 4.43. The highest BCUT2D eigenvalue weighted by Gasteiger charge is 2.24. The number of carbonyl (C=O) groups is 1. The summed E-state index contributed by atoms with van der Waals surface area (Å²) in [6.45, 7) is 4.96. The normalized spacial score (nSPS) is 17.2. The van der Waals surface area contributed by atoms with Crippen molar-refractivity contribution >= 4 is 17.3 Å². The van der Waals surface area contributed by atoms with Gasteiger partial charge in [0.25, 0.3) is 0 Å². The van der Waals surface area contributed by atoms with Crippen LogP contribution in [0.25, 0.3) is 0 Å². The summed E-state index contributed by atoms with van der Waals surface area (Å²) in [5.41, 5.74) is 2.07. The predicted molar refractivity (Wildman–Crippen MR) is 59.6 cm³/mol. The number of benzene rings is 1. The Labute approximate surface area is 88.3 Å². The van der Waals surface area contributed by atoms with Crippen LogP contribution in [-0.2, 0) is 0 Å². The number of carboxylic acid groups (broad SMARTS) is 1. The van der Waals surface area contributed by atoms with E-state index in [4.69, 9.17) is 5.11 Å². The molecule has 0 bridgehead atoms. The second-order valence-corrected chi connectivity index (χ2v) is 4.43. The minimum absolute atomic E-state index is 0.0515. The van der Waals surface area contributed by atoms with Gasteiger partial charge in [-0.05, 0) is 32.0 Å². The molecule has 2 rings (SSSR count). The standard InChI is InChI=1S/C11H14N2O2/c1-11(2)6-12-8-4-3-7(10(14)15)5-9(8)13-11/h3-5,12-13H,6H2,1-2H3,(H,14,15). The molecule has 1 aliphatic heterocycles. The minimum Gasteiger partial charge on any atom is -0.478 e. The molecule has 3 N–H and O–H groups in total. The van der Waals surface area contributed by atoms with Gasteiger partial charge in [0.15, 0.2) is 0 Å². The van der Waals surface area contributed by atoms with E-state index in [-0.39, 0.29) is 5.54 Å². The quantitative estimate of drug-likeness (QED) is 0.657. The second kappa shape index (κ2) is 3.15. The maximum Gasteiger partial charge on any atom is 0.335 e. The molecule has 1 aromatic rings. The SMILES string of the molecule is CC1(C)CNc2ccc(C(=O)O)cc2N1. The lowest BCUT2D eigenvalue weighted by atomic mass is 10.0. The number of fused-ring (bicyclic) bond motifs is 1. The molecule has 4 heteroatoms. The Bertz CT molecular complexity index is 413. The molecule has 0 aliphatic carbocycles. The molecule has 80 valence electrons. The van der Waals surface area contributed by atoms with Gasteiger partial charge >= 0.3 is 5.97 Å². The van der Waals surface area contributed by atoms with Crippen molar-refractivity contribution in [3.63, 3.8) is 0 Å². The third kappa shape index (κ3) is 1.88. The summed E-state index contributed by atoms with van der Waals surface area (Å²) in [5, 5.41) is 15.4. The summed E-state index contributed by atoms with van der Waals surface area (Å²) in [7, 11) is 0. The van der Waals surface area contributed by atoms with Gasteiger partial charge in [-0.15, -0.1) is 0 Å². The zero-order chi connectivity index (χ0) is 11.1. The Kier molecular flexibility index (Phi) is 2.07. The van der Waals surface area contributed by atoms with Crippen molar-refractivity contribution in [3.05, 3.63) is 23.8 Å². The number of anilines is 2. The Morgan fingerprint density at radius 2 is 2.13 bits per heavy atom. The van der Waals surface area contributed by atoms with Crippen LogP contribution in [0, 0.1) is 0 Å². The molecule has 0 spiro atoms. The molecule has 0 atom stereocenters. The van der Waals surface area contributed by atoms with Gasteiger partial charge in [0, 0.05) is 12.1 Å². The van der Waals surface area contributed by atoms with Gasteiger partial charge in [-0.25, -0.2) is 4.79 Å². The van der Waals surface area contributed by atoms with E-state index in [9.17, 15) is 4.79 Å². The van der Waals surface area contributed by atoms with E-state index in [1.54, 1.807) is 18.2 Å². The van der Waals surface area contributed by atoms with Crippen LogP contribution < -0.4 is 10.6 Å². The maximum atomic E-state index is 10.8. The molecule has 15 heavy (non-hydrogen) atoms. The van der Waals surface area contributed by atoms with Gasteiger partial charge in [-0.3, -0.25) is 0 Å². The van der Waals surface area contributed by atoms with Gasteiger partial charge in [0.1, 0.15) is 0 Å². The lowest BCUT2D eigenvalue weighted by Crippen LogP contribution is -2.42. The molecule has 0 aromatic heterocycles. The van der Waals surface area contributed by atoms with E-state index in [2.05, 4.69) is 24.5 Å². The summed E-state index contributed by atoms with van der Waals surface area (Å²) in [6.07, 6.45) is 0. The zero-order valence-corrected chi connectivity index (χ0v) is 8.79. The number of hydrogen-bond donors (Lipinski definition) is 3. The first kappa shape index (κ1) is 9.83. The van der Waals surface area contributed by atoms with Crippen molar-refractivity contribution in [2.24, 2.45) is 0 Å². The Balaban J connectivity index is 2.39. The van der Waals surface area contributed by atoms with Crippen molar-refractivity contribution in [1.82, 2.24) is 0 Å².